The number of benzene rings is 2. The van der Waals surface area contributed by atoms with Crippen molar-refractivity contribution in [2.45, 2.75) is 43.5 Å². The van der Waals surface area contributed by atoms with Crippen LogP contribution in [0, 0.1) is 6.92 Å². The van der Waals surface area contributed by atoms with Crippen LogP contribution in [0.15, 0.2) is 52.2 Å². The molecule has 0 radical (unpaired) electrons. The summed E-state index contributed by atoms with van der Waals surface area (Å²) < 4.78 is 73.5. The summed E-state index contributed by atoms with van der Waals surface area (Å²) in [5.74, 6) is 0. The van der Waals surface area contributed by atoms with Gasteiger partial charge in [0, 0.05) is 30.8 Å². The Balaban J connectivity index is 1.78. The third-order valence-corrected chi connectivity index (χ3v) is 8.02. The number of aromatic nitrogens is 1. The van der Waals surface area contributed by atoms with Crippen LogP contribution in [-0.4, -0.2) is 37.0 Å². The van der Waals surface area contributed by atoms with Crippen LogP contribution in [0.4, 0.5) is 13.2 Å². The Bertz CT molecular complexity index is 1380. The first kappa shape index (κ1) is 24.7. The molecule has 3 aromatic rings. The first-order chi connectivity index (χ1) is 15.9. The van der Waals surface area contributed by atoms with Crippen molar-refractivity contribution < 1.29 is 26.3 Å². The molecule has 182 valence electrons. The first-order valence-corrected chi connectivity index (χ1v) is 12.4. The first-order valence-electron chi connectivity index (χ1n) is 10.6. The van der Waals surface area contributed by atoms with E-state index in [4.69, 9.17) is 16.3 Å². The SMILES string of the molecule is Cc1ccc2[nH]c(=O)c(CN(C[C@H]3CCCO3)S(=O)(=O)c3cc(C(F)(F)F)ccc3Cl)cc2c1. The van der Waals surface area contributed by atoms with Gasteiger partial charge in [0.1, 0.15) is 4.90 Å². The van der Waals surface area contributed by atoms with Gasteiger partial charge in [0.25, 0.3) is 5.56 Å². The molecule has 2 heterocycles. The van der Waals surface area contributed by atoms with Gasteiger partial charge in [-0.25, -0.2) is 8.42 Å². The predicted molar refractivity (Wildman–Crippen MR) is 122 cm³/mol. The van der Waals surface area contributed by atoms with Crippen molar-refractivity contribution >= 4 is 32.5 Å². The smallest absolute Gasteiger partial charge is 0.377 e. The fourth-order valence-corrected chi connectivity index (χ4v) is 5.91. The molecule has 0 unspecified atom stereocenters. The topological polar surface area (TPSA) is 79.5 Å². The third-order valence-electron chi connectivity index (χ3n) is 5.73. The lowest BCUT2D eigenvalue weighted by Gasteiger charge is -2.25. The third kappa shape index (κ3) is 5.14. The number of H-pyrrole nitrogens is 1. The molecule has 1 aromatic heterocycles. The minimum absolute atomic E-state index is 0.125. The minimum atomic E-state index is -4.75. The maximum atomic E-state index is 13.6. The van der Waals surface area contributed by atoms with Gasteiger partial charge in [0.15, 0.2) is 0 Å². The highest BCUT2D eigenvalue weighted by Gasteiger charge is 2.36. The second kappa shape index (κ2) is 9.33. The average molecular weight is 515 g/mol. The molecule has 1 saturated heterocycles. The van der Waals surface area contributed by atoms with Gasteiger partial charge in [-0.15, -0.1) is 0 Å². The number of nitrogens with zero attached hydrogens (tertiary/aromatic N) is 1. The molecule has 11 heteroatoms. The average Bonchev–Trinajstić information content (AvgIpc) is 3.26. The number of aromatic amines is 1. The normalized spacial score (nSPS) is 17.1. The van der Waals surface area contributed by atoms with Crippen LogP contribution in [0.1, 0.15) is 29.5 Å². The number of hydrogen-bond donors (Lipinski definition) is 1. The van der Waals surface area contributed by atoms with Crippen LogP contribution < -0.4 is 5.56 Å². The van der Waals surface area contributed by atoms with E-state index < -0.39 is 38.3 Å². The Morgan fingerprint density at radius 3 is 2.62 bits per heavy atom. The van der Waals surface area contributed by atoms with Crippen molar-refractivity contribution in [1.82, 2.24) is 9.29 Å². The number of sulfonamides is 1. The molecule has 1 aliphatic rings. The number of aryl methyl sites for hydroxylation is 1. The number of ether oxygens (including phenoxy) is 1. The molecule has 6 nitrogen and oxygen atoms in total. The zero-order valence-electron chi connectivity index (χ0n) is 18.2. The molecule has 2 aromatic carbocycles. The molecule has 0 spiro atoms. The van der Waals surface area contributed by atoms with E-state index in [0.717, 1.165) is 28.4 Å². The summed E-state index contributed by atoms with van der Waals surface area (Å²) >= 11 is 6.05. The van der Waals surface area contributed by atoms with E-state index in [2.05, 4.69) is 4.98 Å². The molecule has 1 N–H and O–H groups in total. The van der Waals surface area contributed by atoms with Gasteiger partial charge in [-0.3, -0.25) is 4.79 Å². The summed E-state index contributed by atoms with van der Waals surface area (Å²) in [6.07, 6.45) is -3.86. The monoisotopic (exact) mass is 514 g/mol. The van der Waals surface area contributed by atoms with Crippen molar-refractivity contribution in [1.29, 1.82) is 0 Å². The van der Waals surface area contributed by atoms with Crippen molar-refractivity contribution in [2.24, 2.45) is 0 Å². The fourth-order valence-electron chi connectivity index (χ4n) is 3.96. The Hall–Kier alpha value is -2.40. The van der Waals surface area contributed by atoms with E-state index in [0.29, 0.717) is 30.0 Å². The Labute approximate surface area is 199 Å². The number of fused-ring (bicyclic) bond motifs is 1. The van der Waals surface area contributed by atoms with Crippen molar-refractivity contribution in [2.75, 3.05) is 13.2 Å². The zero-order chi connectivity index (χ0) is 24.7. The van der Waals surface area contributed by atoms with Gasteiger partial charge in [-0.05, 0) is 61.5 Å². The van der Waals surface area contributed by atoms with Gasteiger partial charge < -0.3 is 9.72 Å². The van der Waals surface area contributed by atoms with Crippen LogP contribution >= 0.6 is 11.6 Å². The number of rotatable bonds is 6. The molecule has 0 amide bonds. The van der Waals surface area contributed by atoms with Crippen LogP contribution in [0.2, 0.25) is 5.02 Å². The quantitative estimate of drug-likeness (QED) is 0.508. The maximum Gasteiger partial charge on any atom is 0.416 e. The summed E-state index contributed by atoms with van der Waals surface area (Å²) in [6, 6.07) is 9.18. The summed E-state index contributed by atoms with van der Waals surface area (Å²) in [4.78, 5) is 14.8. The second-order valence-corrected chi connectivity index (χ2v) is 10.6. The molecule has 0 aliphatic carbocycles. The molecule has 1 fully saturated rings. The van der Waals surface area contributed by atoms with Gasteiger partial charge >= 0.3 is 6.18 Å². The van der Waals surface area contributed by atoms with E-state index in [1.165, 1.54) is 0 Å². The van der Waals surface area contributed by atoms with Crippen LogP contribution in [0.3, 0.4) is 0 Å². The van der Waals surface area contributed by atoms with Gasteiger partial charge in [0.05, 0.1) is 16.7 Å². The van der Waals surface area contributed by atoms with E-state index in [1.54, 1.807) is 12.1 Å². The lowest BCUT2D eigenvalue weighted by atomic mass is 10.1. The van der Waals surface area contributed by atoms with E-state index in [9.17, 15) is 26.4 Å². The highest BCUT2D eigenvalue weighted by molar-refractivity contribution is 7.89. The summed E-state index contributed by atoms with van der Waals surface area (Å²) in [7, 11) is -4.51. The highest BCUT2D eigenvalue weighted by Crippen LogP contribution is 2.35. The number of hydrogen-bond acceptors (Lipinski definition) is 4. The van der Waals surface area contributed by atoms with E-state index in [-0.39, 0.29) is 23.7 Å². The molecular weight excluding hydrogens is 493 g/mol. The number of alkyl halides is 3. The molecule has 4 rings (SSSR count). The molecule has 0 saturated carbocycles. The van der Waals surface area contributed by atoms with Gasteiger partial charge in [0.2, 0.25) is 10.0 Å². The number of pyridine rings is 1. The molecule has 0 bridgehead atoms. The highest BCUT2D eigenvalue weighted by atomic mass is 35.5. The molecule has 1 aliphatic heterocycles. The summed E-state index contributed by atoms with van der Waals surface area (Å²) in [5, 5.41) is 0.370. The Morgan fingerprint density at radius 1 is 1.18 bits per heavy atom. The van der Waals surface area contributed by atoms with E-state index in [1.807, 2.05) is 19.1 Å². The van der Waals surface area contributed by atoms with Gasteiger partial charge in [-0.1, -0.05) is 23.2 Å². The largest absolute Gasteiger partial charge is 0.416 e. The van der Waals surface area contributed by atoms with Crippen molar-refractivity contribution in [3.8, 4) is 0 Å². The molecular formula is C23H22ClF3N2O4S. The van der Waals surface area contributed by atoms with Crippen molar-refractivity contribution in [3.05, 3.63) is 74.5 Å². The minimum Gasteiger partial charge on any atom is -0.377 e. The second-order valence-electron chi connectivity index (χ2n) is 8.29. The Morgan fingerprint density at radius 2 is 1.94 bits per heavy atom. The lowest BCUT2D eigenvalue weighted by molar-refractivity contribution is -0.137. The zero-order valence-corrected chi connectivity index (χ0v) is 19.7. The van der Waals surface area contributed by atoms with Crippen LogP contribution in [0.25, 0.3) is 10.9 Å². The van der Waals surface area contributed by atoms with Crippen LogP contribution in [-0.2, 0) is 27.5 Å². The molecule has 34 heavy (non-hydrogen) atoms. The standard InChI is InChI=1S/C23H22ClF3N2O4S/c1-14-4-7-20-15(9-14)10-16(22(30)28-20)12-29(13-18-3-2-8-33-18)34(31,32)21-11-17(23(25,26)27)5-6-19(21)24/h4-7,9-11,18H,2-3,8,12-13H2,1H3,(H,28,30)/t18-/m1/s1. The number of nitrogens with one attached hydrogen (secondary N) is 1. The predicted octanol–water partition coefficient (Wildman–Crippen LogP) is 4.88. The fraction of sp³-hybridized carbons (Fsp3) is 0.348. The maximum absolute atomic E-state index is 13.6. The lowest BCUT2D eigenvalue weighted by Crippen LogP contribution is -2.38. The summed E-state index contributed by atoms with van der Waals surface area (Å²) in [5.41, 5.74) is 0.0762. The Kier molecular flexibility index (Phi) is 6.78. The number of halogens is 4. The summed E-state index contributed by atoms with van der Waals surface area (Å²) in [6.45, 7) is 1.86. The van der Waals surface area contributed by atoms with E-state index >= 15 is 0 Å². The van der Waals surface area contributed by atoms with Crippen molar-refractivity contribution in [3.63, 3.8) is 0 Å². The molecule has 1 atom stereocenters. The van der Waals surface area contributed by atoms with Gasteiger partial charge in [-0.2, -0.15) is 17.5 Å². The van der Waals surface area contributed by atoms with Crippen LogP contribution in [0.5, 0.6) is 0 Å².